The lowest BCUT2D eigenvalue weighted by Gasteiger charge is -2.37. The first-order valence-corrected chi connectivity index (χ1v) is 12.8. The summed E-state index contributed by atoms with van der Waals surface area (Å²) in [6.07, 6.45) is 0.192. The number of carbonyl (C=O) groups is 2. The van der Waals surface area contributed by atoms with E-state index >= 15 is 0 Å². The van der Waals surface area contributed by atoms with Crippen LogP contribution in [0, 0.1) is 0 Å². The zero-order valence-electron chi connectivity index (χ0n) is 22.1. The minimum absolute atomic E-state index is 0.0305. The molecular formula is C30H33N3O5. The van der Waals surface area contributed by atoms with E-state index in [-0.39, 0.29) is 18.2 Å². The van der Waals surface area contributed by atoms with Crippen LogP contribution in [0.1, 0.15) is 33.9 Å². The molecule has 0 bridgehead atoms. The van der Waals surface area contributed by atoms with Gasteiger partial charge in [-0.2, -0.15) is 0 Å². The number of ether oxygens (including phenoxy) is 3. The van der Waals surface area contributed by atoms with Gasteiger partial charge < -0.3 is 28.9 Å². The van der Waals surface area contributed by atoms with Crippen molar-refractivity contribution < 1.29 is 23.8 Å². The molecule has 0 aliphatic carbocycles. The molecule has 38 heavy (non-hydrogen) atoms. The average molecular weight is 516 g/mol. The Hall–Kier alpha value is -4.20. The number of amides is 2. The fraction of sp³-hybridized carbons (Fsp3) is 0.333. The van der Waals surface area contributed by atoms with E-state index in [1.54, 1.807) is 26.2 Å². The summed E-state index contributed by atoms with van der Waals surface area (Å²) < 4.78 is 16.2. The summed E-state index contributed by atoms with van der Waals surface area (Å²) in [5, 5.41) is 0. The second-order valence-corrected chi connectivity index (χ2v) is 9.49. The zero-order valence-corrected chi connectivity index (χ0v) is 22.1. The van der Waals surface area contributed by atoms with Gasteiger partial charge in [-0.15, -0.1) is 0 Å². The Bertz CT molecular complexity index is 1300. The summed E-state index contributed by atoms with van der Waals surface area (Å²) in [6, 6.07) is 20.8. The molecule has 0 aromatic heterocycles. The molecule has 0 radical (unpaired) electrons. The first-order valence-electron chi connectivity index (χ1n) is 12.8. The number of rotatable bonds is 8. The van der Waals surface area contributed by atoms with Crippen molar-refractivity contribution in [1.82, 2.24) is 9.80 Å². The number of hydrogen-bond donors (Lipinski definition) is 0. The second-order valence-electron chi connectivity index (χ2n) is 9.49. The van der Waals surface area contributed by atoms with Gasteiger partial charge in [0.15, 0.2) is 11.5 Å². The summed E-state index contributed by atoms with van der Waals surface area (Å²) in [7, 11) is 4.83. The third kappa shape index (κ3) is 4.98. The number of methoxy groups -OCH3 is 3. The summed E-state index contributed by atoms with van der Waals surface area (Å²) >= 11 is 0. The van der Waals surface area contributed by atoms with Crippen LogP contribution in [0.4, 0.5) is 5.69 Å². The Balaban J connectivity index is 1.34. The van der Waals surface area contributed by atoms with Crippen LogP contribution in [-0.2, 0) is 11.3 Å². The van der Waals surface area contributed by atoms with Gasteiger partial charge in [-0.1, -0.05) is 24.3 Å². The van der Waals surface area contributed by atoms with E-state index in [1.165, 1.54) is 0 Å². The van der Waals surface area contributed by atoms with Crippen molar-refractivity contribution in [1.29, 1.82) is 0 Å². The third-order valence-electron chi connectivity index (χ3n) is 7.46. The molecule has 0 N–H and O–H groups in total. The van der Waals surface area contributed by atoms with Crippen molar-refractivity contribution in [3.63, 3.8) is 0 Å². The molecule has 3 aromatic rings. The maximum Gasteiger partial charge on any atom is 0.255 e. The summed E-state index contributed by atoms with van der Waals surface area (Å²) in [4.78, 5) is 33.0. The molecule has 0 spiro atoms. The average Bonchev–Trinajstić information content (AvgIpc) is 3.31. The van der Waals surface area contributed by atoms with Crippen molar-refractivity contribution in [3.05, 3.63) is 83.4 Å². The highest BCUT2D eigenvalue weighted by molar-refractivity contribution is 5.99. The van der Waals surface area contributed by atoms with Crippen LogP contribution in [0.3, 0.4) is 0 Å². The van der Waals surface area contributed by atoms with Gasteiger partial charge in [0.1, 0.15) is 5.75 Å². The molecule has 5 rings (SSSR count). The minimum Gasteiger partial charge on any atom is -0.497 e. The lowest BCUT2D eigenvalue weighted by molar-refractivity contribution is -0.132. The number of nitrogens with zero attached hydrogens (tertiary/aromatic N) is 3. The van der Waals surface area contributed by atoms with Crippen molar-refractivity contribution in [2.75, 3.05) is 52.4 Å². The molecule has 0 saturated carbocycles. The third-order valence-corrected chi connectivity index (χ3v) is 7.46. The largest absolute Gasteiger partial charge is 0.497 e. The van der Waals surface area contributed by atoms with Crippen LogP contribution in [0.5, 0.6) is 17.2 Å². The Morgan fingerprint density at radius 1 is 0.842 bits per heavy atom. The van der Waals surface area contributed by atoms with Gasteiger partial charge in [-0.25, -0.2) is 0 Å². The Morgan fingerprint density at radius 3 is 2.21 bits per heavy atom. The molecule has 8 nitrogen and oxygen atoms in total. The van der Waals surface area contributed by atoms with Crippen LogP contribution < -0.4 is 19.1 Å². The maximum absolute atomic E-state index is 13.6. The zero-order chi connectivity index (χ0) is 26.6. The summed E-state index contributed by atoms with van der Waals surface area (Å²) in [5.41, 5.74) is 3.62. The molecule has 8 heteroatoms. The highest BCUT2D eigenvalue weighted by Crippen LogP contribution is 2.37. The Labute approximate surface area is 223 Å². The summed E-state index contributed by atoms with van der Waals surface area (Å²) in [6.45, 7) is 3.20. The first-order chi connectivity index (χ1) is 18.5. The van der Waals surface area contributed by atoms with Crippen LogP contribution in [0.25, 0.3) is 0 Å². The number of carbonyl (C=O) groups excluding carboxylic acids is 2. The fourth-order valence-corrected chi connectivity index (χ4v) is 5.30. The SMILES string of the molecule is COc1ccc(N2CCN(C(=O)C[C@H](c3ccc(OC)c(OC)c3)N3Cc4ccccc4C3=O)CC2)cc1. The van der Waals surface area contributed by atoms with Crippen LogP contribution in [-0.4, -0.2) is 69.1 Å². The topological polar surface area (TPSA) is 71.6 Å². The van der Waals surface area contributed by atoms with Crippen molar-refractivity contribution in [3.8, 4) is 17.2 Å². The van der Waals surface area contributed by atoms with Gasteiger partial charge in [0.2, 0.25) is 5.91 Å². The number of hydrogen-bond acceptors (Lipinski definition) is 6. The molecule has 1 saturated heterocycles. The van der Waals surface area contributed by atoms with Gasteiger partial charge >= 0.3 is 0 Å². The minimum atomic E-state index is -0.429. The predicted octanol–water partition coefficient (Wildman–Crippen LogP) is 4.15. The number of piperazine rings is 1. The Morgan fingerprint density at radius 2 is 1.55 bits per heavy atom. The smallest absolute Gasteiger partial charge is 0.255 e. The van der Waals surface area contributed by atoms with Gasteiger partial charge in [0, 0.05) is 44.0 Å². The molecule has 2 aliphatic heterocycles. The molecule has 0 unspecified atom stereocenters. The van der Waals surface area contributed by atoms with E-state index in [0.29, 0.717) is 36.7 Å². The highest BCUT2D eigenvalue weighted by Gasteiger charge is 2.36. The van der Waals surface area contributed by atoms with E-state index in [4.69, 9.17) is 14.2 Å². The van der Waals surface area contributed by atoms with E-state index < -0.39 is 6.04 Å². The van der Waals surface area contributed by atoms with Crippen LogP contribution in [0.2, 0.25) is 0 Å². The van der Waals surface area contributed by atoms with E-state index in [2.05, 4.69) is 4.90 Å². The lowest BCUT2D eigenvalue weighted by Crippen LogP contribution is -2.49. The standard InChI is InChI=1S/C30H33N3O5/c1-36-24-11-9-23(10-12-24)31-14-16-32(17-15-31)29(34)19-26(21-8-13-27(37-2)28(18-21)38-3)33-20-22-6-4-5-7-25(22)30(33)35/h4-13,18,26H,14-17,19-20H2,1-3H3/t26-/m1/s1. The van der Waals surface area contributed by atoms with Crippen LogP contribution >= 0.6 is 0 Å². The highest BCUT2D eigenvalue weighted by atomic mass is 16.5. The lowest BCUT2D eigenvalue weighted by atomic mass is 10.00. The second kappa shape index (κ2) is 11.0. The maximum atomic E-state index is 13.6. The number of fused-ring (bicyclic) bond motifs is 1. The van der Waals surface area contributed by atoms with Crippen LogP contribution in [0.15, 0.2) is 66.7 Å². The summed E-state index contributed by atoms with van der Waals surface area (Å²) in [5.74, 6) is 1.97. The van der Waals surface area contributed by atoms with Gasteiger partial charge in [0.25, 0.3) is 5.91 Å². The monoisotopic (exact) mass is 515 g/mol. The van der Waals surface area contributed by atoms with Crippen molar-refractivity contribution in [2.24, 2.45) is 0 Å². The van der Waals surface area contributed by atoms with E-state index in [9.17, 15) is 9.59 Å². The molecule has 1 atom stereocenters. The van der Waals surface area contributed by atoms with Crippen molar-refractivity contribution in [2.45, 2.75) is 19.0 Å². The van der Waals surface area contributed by atoms with Gasteiger partial charge in [-0.3, -0.25) is 9.59 Å². The van der Waals surface area contributed by atoms with E-state index in [0.717, 1.165) is 35.7 Å². The van der Waals surface area contributed by atoms with E-state index in [1.807, 2.05) is 71.6 Å². The first kappa shape index (κ1) is 25.4. The van der Waals surface area contributed by atoms with Gasteiger partial charge in [-0.05, 0) is 53.6 Å². The molecule has 1 fully saturated rings. The normalized spacial score (nSPS) is 15.8. The van der Waals surface area contributed by atoms with Crippen molar-refractivity contribution >= 4 is 17.5 Å². The fourth-order valence-electron chi connectivity index (χ4n) is 5.30. The molecule has 2 amide bonds. The molecule has 2 heterocycles. The van der Waals surface area contributed by atoms with Gasteiger partial charge in [0.05, 0.1) is 33.8 Å². The predicted molar refractivity (Wildman–Crippen MR) is 145 cm³/mol. The quantitative estimate of drug-likeness (QED) is 0.449. The molecule has 2 aliphatic rings. The number of benzene rings is 3. The molecule has 198 valence electrons. The number of anilines is 1. The molecule has 3 aromatic carbocycles. The Kier molecular flexibility index (Phi) is 7.40. The molecular weight excluding hydrogens is 482 g/mol.